The number of aryl methyl sites for hydroxylation is 2. The SMILES string of the molecule is COc1ccc(OC)c(CNC(=O)CCC2=NNC3C4CC(c5ccc(C)c(C)c5)NN4C=CN23)c1. The molecule has 190 valence electrons. The van der Waals surface area contributed by atoms with Gasteiger partial charge >= 0.3 is 0 Å². The van der Waals surface area contributed by atoms with Gasteiger partial charge < -0.3 is 24.7 Å². The lowest BCUT2D eigenvalue weighted by molar-refractivity contribution is -0.121. The van der Waals surface area contributed by atoms with Crippen LogP contribution in [-0.4, -0.2) is 48.1 Å². The Balaban J connectivity index is 1.15. The number of hydrazine groups is 1. The molecule has 0 aliphatic carbocycles. The Morgan fingerprint density at radius 3 is 2.75 bits per heavy atom. The number of hydrogen-bond donors (Lipinski definition) is 3. The van der Waals surface area contributed by atoms with Gasteiger partial charge in [-0.25, -0.2) is 5.43 Å². The van der Waals surface area contributed by atoms with Crippen molar-refractivity contribution in [3.8, 4) is 11.5 Å². The van der Waals surface area contributed by atoms with Crippen molar-refractivity contribution in [3.63, 3.8) is 0 Å². The first-order chi connectivity index (χ1) is 17.5. The number of methoxy groups -OCH3 is 2. The van der Waals surface area contributed by atoms with E-state index in [0.717, 1.165) is 29.3 Å². The summed E-state index contributed by atoms with van der Waals surface area (Å²) < 4.78 is 10.7. The maximum Gasteiger partial charge on any atom is 0.220 e. The minimum atomic E-state index is -0.0361. The van der Waals surface area contributed by atoms with Crippen molar-refractivity contribution in [2.24, 2.45) is 5.10 Å². The third-order valence-electron chi connectivity index (χ3n) is 7.29. The lowest BCUT2D eigenvalue weighted by Crippen LogP contribution is -2.54. The van der Waals surface area contributed by atoms with Gasteiger partial charge in [0.1, 0.15) is 23.5 Å². The molecule has 0 radical (unpaired) electrons. The Kier molecular flexibility index (Phi) is 6.73. The molecule has 3 N–H and O–H groups in total. The molecule has 0 saturated carbocycles. The molecule has 1 saturated heterocycles. The minimum absolute atomic E-state index is 0.0361. The number of nitrogens with zero attached hydrogens (tertiary/aromatic N) is 3. The highest BCUT2D eigenvalue weighted by molar-refractivity contribution is 5.89. The summed E-state index contributed by atoms with van der Waals surface area (Å²) in [5.74, 6) is 2.28. The van der Waals surface area contributed by atoms with E-state index in [2.05, 4.69) is 69.4 Å². The second kappa shape index (κ2) is 10.1. The van der Waals surface area contributed by atoms with Gasteiger partial charge in [-0.15, -0.1) is 0 Å². The van der Waals surface area contributed by atoms with Gasteiger partial charge in [-0.2, -0.15) is 5.10 Å². The van der Waals surface area contributed by atoms with Gasteiger partial charge in [-0.1, -0.05) is 18.2 Å². The van der Waals surface area contributed by atoms with Crippen molar-refractivity contribution in [2.45, 2.75) is 57.9 Å². The lowest BCUT2D eigenvalue weighted by atomic mass is 9.97. The van der Waals surface area contributed by atoms with Gasteiger partial charge in [0.25, 0.3) is 0 Å². The molecule has 0 bridgehead atoms. The molecule has 1 fully saturated rings. The number of amidine groups is 1. The number of benzene rings is 2. The number of ether oxygens (including phenoxy) is 2. The van der Waals surface area contributed by atoms with E-state index in [4.69, 9.17) is 9.47 Å². The van der Waals surface area contributed by atoms with Crippen LogP contribution in [0.4, 0.5) is 0 Å². The van der Waals surface area contributed by atoms with E-state index in [1.54, 1.807) is 14.2 Å². The maximum atomic E-state index is 12.6. The van der Waals surface area contributed by atoms with E-state index in [1.165, 1.54) is 16.7 Å². The van der Waals surface area contributed by atoms with Crippen LogP contribution in [0.15, 0.2) is 53.9 Å². The summed E-state index contributed by atoms with van der Waals surface area (Å²) in [7, 11) is 3.24. The molecule has 9 heteroatoms. The Morgan fingerprint density at radius 1 is 1.11 bits per heavy atom. The van der Waals surface area contributed by atoms with Crippen LogP contribution in [0.3, 0.4) is 0 Å². The summed E-state index contributed by atoms with van der Waals surface area (Å²) in [5.41, 5.74) is 11.7. The molecule has 3 heterocycles. The number of carbonyl (C=O) groups excluding carboxylic acids is 1. The highest BCUT2D eigenvalue weighted by atomic mass is 16.5. The van der Waals surface area contributed by atoms with E-state index in [1.807, 2.05) is 24.4 Å². The summed E-state index contributed by atoms with van der Waals surface area (Å²) >= 11 is 0. The number of hydrogen-bond acceptors (Lipinski definition) is 8. The number of fused-ring (bicyclic) bond motifs is 3. The molecular formula is C27H34N6O3. The van der Waals surface area contributed by atoms with Crippen LogP contribution in [0, 0.1) is 13.8 Å². The van der Waals surface area contributed by atoms with Crippen molar-refractivity contribution in [1.82, 2.24) is 26.1 Å². The van der Waals surface area contributed by atoms with Crippen LogP contribution in [0.1, 0.15) is 47.6 Å². The van der Waals surface area contributed by atoms with Crippen LogP contribution in [0.25, 0.3) is 0 Å². The zero-order chi connectivity index (χ0) is 25.2. The fourth-order valence-corrected chi connectivity index (χ4v) is 5.04. The lowest BCUT2D eigenvalue weighted by Gasteiger charge is -2.37. The molecular weight excluding hydrogens is 456 g/mol. The Labute approximate surface area is 212 Å². The van der Waals surface area contributed by atoms with Gasteiger partial charge in [0.05, 0.1) is 26.3 Å². The largest absolute Gasteiger partial charge is 0.497 e. The predicted octanol–water partition coefficient (Wildman–Crippen LogP) is 3.07. The van der Waals surface area contributed by atoms with Crippen molar-refractivity contribution < 1.29 is 14.3 Å². The van der Waals surface area contributed by atoms with E-state index in [0.29, 0.717) is 19.4 Å². The molecule has 3 aliphatic heterocycles. The highest BCUT2D eigenvalue weighted by Crippen LogP contribution is 2.34. The molecule has 3 unspecified atom stereocenters. The van der Waals surface area contributed by atoms with Crippen molar-refractivity contribution >= 4 is 11.7 Å². The van der Waals surface area contributed by atoms with Crippen molar-refractivity contribution in [1.29, 1.82) is 0 Å². The summed E-state index contributed by atoms with van der Waals surface area (Å²) in [6, 6.07) is 12.7. The number of rotatable bonds is 8. The molecule has 3 atom stereocenters. The van der Waals surface area contributed by atoms with E-state index < -0.39 is 0 Å². The number of nitrogens with one attached hydrogen (secondary N) is 3. The molecule has 0 spiro atoms. The smallest absolute Gasteiger partial charge is 0.220 e. The van der Waals surface area contributed by atoms with Gasteiger partial charge in [-0.3, -0.25) is 10.2 Å². The van der Waals surface area contributed by atoms with Crippen LogP contribution in [-0.2, 0) is 11.3 Å². The van der Waals surface area contributed by atoms with Gasteiger partial charge in [0.15, 0.2) is 0 Å². The Bertz CT molecular complexity index is 1200. The second-order valence-corrected chi connectivity index (χ2v) is 9.50. The van der Waals surface area contributed by atoms with Crippen LogP contribution >= 0.6 is 0 Å². The van der Waals surface area contributed by atoms with Gasteiger partial charge in [0.2, 0.25) is 5.91 Å². The van der Waals surface area contributed by atoms with Crippen LogP contribution in [0.5, 0.6) is 11.5 Å². The Hall–Kier alpha value is -3.72. The van der Waals surface area contributed by atoms with E-state index >= 15 is 0 Å². The normalized spacial score (nSPS) is 22.0. The van der Waals surface area contributed by atoms with Crippen LogP contribution < -0.4 is 25.6 Å². The third kappa shape index (κ3) is 4.70. The third-order valence-corrected chi connectivity index (χ3v) is 7.29. The zero-order valence-corrected chi connectivity index (χ0v) is 21.2. The first kappa shape index (κ1) is 24.0. The first-order valence-electron chi connectivity index (χ1n) is 12.3. The number of amides is 1. The molecule has 2 aromatic carbocycles. The average Bonchev–Trinajstić information content (AvgIpc) is 3.51. The number of carbonyl (C=O) groups is 1. The fourth-order valence-electron chi connectivity index (χ4n) is 5.04. The zero-order valence-electron chi connectivity index (χ0n) is 21.2. The van der Waals surface area contributed by atoms with Gasteiger partial charge in [-0.05, 0) is 55.2 Å². The monoisotopic (exact) mass is 490 g/mol. The molecule has 9 nitrogen and oxygen atoms in total. The van der Waals surface area contributed by atoms with Crippen molar-refractivity contribution in [3.05, 3.63) is 71.1 Å². The molecule has 0 aromatic heterocycles. The summed E-state index contributed by atoms with van der Waals surface area (Å²) in [6.45, 7) is 4.67. The molecule has 3 aliphatic rings. The van der Waals surface area contributed by atoms with E-state index in [-0.39, 0.29) is 24.2 Å². The van der Waals surface area contributed by atoms with Gasteiger partial charge in [0, 0.05) is 37.3 Å². The molecule has 2 aromatic rings. The standard InChI is InChI=1S/C27H34N6O3/c1-17-5-6-19(13-18(17)2)22-15-23-27-30-29-25(32(27)11-12-33(23)31-22)9-10-26(34)28-16-20-14-21(35-3)7-8-24(20)36-4/h5-8,11-14,22-23,27,30-31H,9-10,15-16H2,1-4H3,(H,28,34). The first-order valence-corrected chi connectivity index (χ1v) is 12.3. The minimum Gasteiger partial charge on any atom is -0.497 e. The Morgan fingerprint density at radius 2 is 1.97 bits per heavy atom. The maximum absolute atomic E-state index is 12.6. The molecule has 5 rings (SSSR count). The quantitative estimate of drug-likeness (QED) is 0.524. The summed E-state index contributed by atoms with van der Waals surface area (Å²) in [5, 5.41) is 9.74. The van der Waals surface area contributed by atoms with Crippen molar-refractivity contribution in [2.75, 3.05) is 14.2 Å². The van der Waals surface area contributed by atoms with Crippen LogP contribution in [0.2, 0.25) is 0 Å². The highest BCUT2D eigenvalue weighted by Gasteiger charge is 2.44. The summed E-state index contributed by atoms with van der Waals surface area (Å²) in [4.78, 5) is 14.8. The topological polar surface area (TPSA) is 90.5 Å². The molecule has 36 heavy (non-hydrogen) atoms. The average molecular weight is 491 g/mol. The predicted molar refractivity (Wildman–Crippen MR) is 138 cm³/mol. The number of hydrazone groups is 1. The second-order valence-electron chi connectivity index (χ2n) is 9.50. The summed E-state index contributed by atoms with van der Waals surface area (Å²) in [6.07, 6.45) is 6.01. The molecule has 1 amide bonds. The fraction of sp³-hybridized carbons (Fsp3) is 0.407. The van der Waals surface area contributed by atoms with E-state index in [9.17, 15) is 4.79 Å².